The Morgan fingerprint density at radius 1 is 1.54 bits per heavy atom. The fourth-order valence-corrected chi connectivity index (χ4v) is 1.06. The van der Waals surface area contributed by atoms with Gasteiger partial charge < -0.3 is 5.32 Å². The van der Waals surface area contributed by atoms with Gasteiger partial charge in [-0.15, -0.1) is 0 Å². The van der Waals surface area contributed by atoms with E-state index < -0.39 is 6.67 Å². The highest BCUT2D eigenvalue weighted by molar-refractivity contribution is 5.55. The van der Waals surface area contributed by atoms with Crippen molar-refractivity contribution in [1.29, 1.82) is 5.26 Å². The third-order valence-corrected chi connectivity index (χ3v) is 1.78. The summed E-state index contributed by atoms with van der Waals surface area (Å²) in [5.41, 5.74) is 2.44. The van der Waals surface area contributed by atoms with Crippen LogP contribution in [0.5, 0.6) is 0 Å². The van der Waals surface area contributed by atoms with Crippen molar-refractivity contribution < 1.29 is 4.39 Å². The number of hydrogen-bond acceptors (Lipinski definition) is 2. The van der Waals surface area contributed by atoms with E-state index in [-0.39, 0.29) is 6.54 Å². The van der Waals surface area contributed by atoms with Crippen LogP contribution in [0.25, 0.3) is 0 Å². The molecule has 0 amide bonds. The zero-order chi connectivity index (χ0) is 9.68. The van der Waals surface area contributed by atoms with Gasteiger partial charge in [0.25, 0.3) is 0 Å². The van der Waals surface area contributed by atoms with E-state index in [1.54, 1.807) is 12.1 Å². The fourth-order valence-electron chi connectivity index (χ4n) is 1.06. The van der Waals surface area contributed by atoms with Gasteiger partial charge in [-0.25, -0.2) is 4.39 Å². The first-order chi connectivity index (χ1) is 6.27. The second-order valence-electron chi connectivity index (χ2n) is 2.76. The molecule has 0 heterocycles. The number of benzene rings is 1. The van der Waals surface area contributed by atoms with Crippen molar-refractivity contribution in [2.24, 2.45) is 0 Å². The van der Waals surface area contributed by atoms with E-state index in [4.69, 9.17) is 5.26 Å². The molecule has 0 atom stereocenters. The highest BCUT2D eigenvalue weighted by atomic mass is 19.1. The van der Waals surface area contributed by atoms with E-state index in [0.29, 0.717) is 5.56 Å². The lowest BCUT2D eigenvalue weighted by Crippen LogP contribution is -2.04. The van der Waals surface area contributed by atoms with Crippen molar-refractivity contribution in [3.8, 4) is 6.07 Å². The SMILES string of the molecule is Cc1ccc(C#N)cc1NCCF. The predicted molar refractivity (Wildman–Crippen MR) is 50.4 cm³/mol. The molecular weight excluding hydrogens is 167 g/mol. The quantitative estimate of drug-likeness (QED) is 0.770. The van der Waals surface area contributed by atoms with E-state index >= 15 is 0 Å². The van der Waals surface area contributed by atoms with Crippen LogP contribution < -0.4 is 5.32 Å². The average molecular weight is 178 g/mol. The van der Waals surface area contributed by atoms with Gasteiger partial charge in [-0.05, 0) is 24.6 Å². The van der Waals surface area contributed by atoms with Crippen LogP contribution >= 0.6 is 0 Å². The zero-order valence-corrected chi connectivity index (χ0v) is 7.47. The van der Waals surface area contributed by atoms with Gasteiger partial charge >= 0.3 is 0 Å². The molecule has 1 N–H and O–H groups in total. The maximum absolute atomic E-state index is 11.9. The molecule has 0 fully saturated rings. The molecule has 1 aromatic rings. The third-order valence-electron chi connectivity index (χ3n) is 1.78. The molecule has 1 aromatic carbocycles. The lowest BCUT2D eigenvalue weighted by atomic mass is 10.1. The standard InChI is InChI=1S/C10H11FN2/c1-8-2-3-9(7-12)6-10(8)13-5-4-11/h2-3,6,13H,4-5H2,1H3. The molecule has 0 spiro atoms. The molecule has 0 saturated carbocycles. The van der Waals surface area contributed by atoms with Gasteiger partial charge in [0.05, 0.1) is 11.6 Å². The summed E-state index contributed by atoms with van der Waals surface area (Å²) < 4.78 is 11.9. The topological polar surface area (TPSA) is 35.8 Å². The van der Waals surface area contributed by atoms with E-state index in [2.05, 4.69) is 5.32 Å². The monoisotopic (exact) mass is 178 g/mol. The van der Waals surface area contributed by atoms with Crippen molar-refractivity contribution in [3.63, 3.8) is 0 Å². The van der Waals surface area contributed by atoms with Crippen LogP contribution in [0.15, 0.2) is 18.2 Å². The maximum atomic E-state index is 11.9. The minimum absolute atomic E-state index is 0.287. The molecule has 13 heavy (non-hydrogen) atoms. The van der Waals surface area contributed by atoms with Crippen LogP contribution in [-0.4, -0.2) is 13.2 Å². The van der Waals surface area contributed by atoms with Gasteiger partial charge in [0.15, 0.2) is 0 Å². The molecule has 0 unspecified atom stereocenters. The zero-order valence-electron chi connectivity index (χ0n) is 7.47. The smallest absolute Gasteiger partial charge is 0.107 e. The van der Waals surface area contributed by atoms with E-state index in [1.165, 1.54) is 0 Å². The molecule has 0 aromatic heterocycles. The molecule has 3 heteroatoms. The second-order valence-corrected chi connectivity index (χ2v) is 2.76. The van der Waals surface area contributed by atoms with Crippen LogP contribution in [0, 0.1) is 18.3 Å². The van der Waals surface area contributed by atoms with Gasteiger partial charge in [0, 0.05) is 12.2 Å². The summed E-state index contributed by atoms with van der Waals surface area (Å²) in [7, 11) is 0. The Bertz CT molecular complexity index is 328. The van der Waals surface area contributed by atoms with Gasteiger partial charge in [0.1, 0.15) is 6.67 Å². The highest BCUT2D eigenvalue weighted by Crippen LogP contribution is 2.15. The van der Waals surface area contributed by atoms with Crippen LogP contribution in [0.4, 0.5) is 10.1 Å². The fraction of sp³-hybridized carbons (Fsp3) is 0.300. The molecule has 0 aliphatic carbocycles. The first-order valence-electron chi connectivity index (χ1n) is 4.08. The number of nitriles is 1. The minimum atomic E-state index is -0.407. The molecule has 1 rings (SSSR count). The van der Waals surface area contributed by atoms with Gasteiger partial charge in [-0.3, -0.25) is 0 Å². The summed E-state index contributed by atoms with van der Waals surface area (Å²) in [6.45, 7) is 1.80. The Kier molecular flexibility index (Phi) is 3.27. The largest absolute Gasteiger partial charge is 0.382 e. The van der Waals surface area contributed by atoms with Crippen LogP contribution in [0.1, 0.15) is 11.1 Å². The van der Waals surface area contributed by atoms with Crippen molar-refractivity contribution in [2.45, 2.75) is 6.92 Å². The number of alkyl halides is 1. The summed E-state index contributed by atoms with van der Waals surface area (Å²) in [4.78, 5) is 0. The van der Waals surface area contributed by atoms with E-state index in [0.717, 1.165) is 11.3 Å². The number of nitrogens with zero attached hydrogens (tertiary/aromatic N) is 1. The summed E-state index contributed by atoms with van der Waals surface area (Å²) in [5, 5.41) is 11.5. The van der Waals surface area contributed by atoms with Gasteiger partial charge in [-0.1, -0.05) is 6.07 Å². The Hall–Kier alpha value is -1.56. The Morgan fingerprint density at radius 2 is 2.31 bits per heavy atom. The number of halogens is 1. The first kappa shape index (κ1) is 9.53. The lowest BCUT2D eigenvalue weighted by Gasteiger charge is -2.07. The molecule has 0 aliphatic heterocycles. The number of aryl methyl sites for hydroxylation is 1. The lowest BCUT2D eigenvalue weighted by molar-refractivity contribution is 0.512. The molecule has 0 radical (unpaired) electrons. The molecular formula is C10H11FN2. The minimum Gasteiger partial charge on any atom is -0.382 e. The van der Waals surface area contributed by atoms with Crippen LogP contribution in [0.3, 0.4) is 0 Å². The summed E-state index contributed by atoms with van der Waals surface area (Å²) in [6, 6.07) is 7.36. The van der Waals surface area contributed by atoms with Crippen LogP contribution in [-0.2, 0) is 0 Å². The van der Waals surface area contributed by atoms with Gasteiger partial charge in [-0.2, -0.15) is 5.26 Å². The predicted octanol–water partition coefficient (Wildman–Crippen LogP) is 2.25. The summed E-state index contributed by atoms with van der Waals surface area (Å²) in [6.07, 6.45) is 0. The molecule has 68 valence electrons. The molecule has 0 bridgehead atoms. The maximum Gasteiger partial charge on any atom is 0.107 e. The number of rotatable bonds is 3. The Balaban J connectivity index is 2.85. The summed E-state index contributed by atoms with van der Waals surface area (Å²) in [5.74, 6) is 0. The van der Waals surface area contributed by atoms with E-state index in [1.807, 2.05) is 19.1 Å². The third kappa shape index (κ3) is 2.45. The van der Waals surface area contributed by atoms with E-state index in [9.17, 15) is 4.39 Å². The normalized spacial score (nSPS) is 9.31. The Morgan fingerprint density at radius 3 is 2.92 bits per heavy atom. The first-order valence-corrected chi connectivity index (χ1v) is 4.08. The Labute approximate surface area is 77.0 Å². The van der Waals surface area contributed by atoms with Crippen molar-refractivity contribution in [1.82, 2.24) is 0 Å². The average Bonchev–Trinajstić information content (AvgIpc) is 2.17. The highest BCUT2D eigenvalue weighted by Gasteiger charge is 1.98. The molecule has 0 aliphatic rings. The van der Waals surface area contributed by atoms with Crippen molar-refractivity contribution >= 4 is 5.69 Å². The molecule has 0 saturated heterocycles. The molecule has 2 nitrogen and oxygen atoms in total. The number of hydrogen-bond donors (Lipinski definition) is 1. The van der Waals surface area contributed by atoms with Crippen LogP contribution in [0.2, 0.25) is 0 Å². The van der Waals surface area contributed by atoms with Crippen molar-refractivity contribution in [2.75, 3.05) is 18.5 Å². The van der Waals surface area contributed by atoms with Crippen molar-refractivity contribution in [3.05, 3.63) is 29.3 Å². The number of anilines is 1. The second kappa shape index (κ2) is 4.46. The summed E-state index contributed by atoms with van der Waals surface area (Å²) >= 11 is 0. The number of nitrogens with one attached hydrogen (secondary N) is 1. The van der Waals surface area contributed by atoms with Gasteiger partial charge in [0.2, 0.25) is 0 Å².